The van der Waals surface area contributed by atoms with Gasteiger partial charge in [-0.05, 0) is 42.7 Å². The summed E-state index contributed by atoms with van der Waals surface area (Å²) in [4.78, 5) is 19.8. The third kappa shape index (κ3) is 6.88. The highest BCUT2D eigenvalue weighted by Gasteiger charge is 2.23. The highest BCUT2D eigenvalue weighted by molar-refractivity contribution is 5.90. The molecule has 2 N–H and O–H groups in total. The van der Waals surface area contributed by atoms with Crippen LogP contribution >= 0.6 is 0 Å². The van der Waals surface area contributed by atoms with Gasteiger partial charge in [-0.3, -0.25) is 4.79 Å². The van der Waals surface area contributed by atoms with E-state index in [4.69, 9.17) is 5.73 Å². The van der Waals surface area contributed by atoms with Crippen molar-refractivity contribution in [2.24, 2.45) is 5.73 Å². The summed E-state index contributed by atoms with van der Waals surface area (Å²) < 4.78 is 28.3. The van der Waals surface area contributed by atoms with Gasteiger partial charge in [0, 0.05) is 6.20 Å². The number of carbonyl (C=O) groups is 1. The Morgan fingerprint density at radius 2 is 1.64 bits per heavy atom. The van der Waals surface area contributed by atoms with Crippen molar-refractivity contribution >= 4 is 5.91 Å². The molecule has 0 saturated heterocycles. The van der Waals surface area contributed by atoms with Crippen LogP contribution < -0.4 is 5.73 Å². The molecule has 1 aromatic carbocycles. The normalized spacial score (nSPS) is 11.0. The predicted molar refractivity (Wildman–Crippen MR) is 125 cm³/mol. The molecular weight excluding hydrogens is 424 g/mol. The van der Waals surface area contributed by atoms with E-state index in [0.29, 0.717) is 11.5 Å². The zero-order valence-electron chi connectivity index (χ0n) is 19.5. The van der Waals surface area contributed by atoms with Gasteiger partial charge in [0.2, 0.25) is 0 Å². The van der Waals surface area contributed by atoms with Gasteiger partial charge in [0.1, 0.15) is 23.2 Å². The van der Waals surface area contributed by atoms with Crippen LogP contribution in [0.2, 0.25) is 0 Å². The number of halogens is 2. The van der Waals surface area contributed by atoms with Gasteiger partial charge < -0.3 is 5.73 Å². The Morgan fingerprint density at radius 3 is 2.15 bits per heavy atom. The molecule has 2 heterocycles. The van der Waals surface area contributed by atoms with Crippen LogP contribution in [0.15, 0.2) is 36.5 Å². The molecule has 1 amide bonds. The summed E-state index contributed by atoms with van der Waals surface area (Å²) in [6.07, 6.45) is 10.7. The summed E-state index contributed by atoms with van der Waals surface area (Å²) in [7, 11) is 0. The number of nitrogens with zero attached hydrogens (tertiary/aromatic N) is 4. The van der Waals surface area contributed by atoms with Crippen LogP contribution in [-0.2, 0) is 0 Å². The molecule has 3 aromatic rings. The van der Waals surface area contributed by atoms with Gasteiger partial charge in [-0.15, -0.1) is 17.9 Å². The van der Waals surface area contributed by atoms with Crippen molar-refractivity contribution < 1.29 is 13.6 Å². The average molecular weight is 454 g/mol. The molecular formula is C25H29F2N5O. The van der Waals surface area contributed by atoms with E-state index in [1.54, 1.807) is 6.07 Å². The van der Waals surface area contributed by atoms with Gasteiger partial charge in [0.25, 0.3) is 5.91 Å². The van der Waals surface area contributed by atoms with E-state index in [9.17, 15) is 13.6 Å². The molecule has 0 aliphatic carbocycles. The molecule has 0 aliphatic rings. The minimum absolute atomic E-state index is 0.000794. The van der Waals surface area contributed by atoms with Gasteiger partial charge in [0.05, 0.1) is 22.9 Å². The number of terminal acetylenes is 1. The standard InChI is InChI=1S/C20H19F2N5O.C3H8.C2H2/c1-10(2)12-9-16(17-13(21)5-4-6-14(17)22)26-27-18(12)11(3)20-24-8-7-15(25-20)19(23)28;1-3-2;1-2/h4-11H,1-3H3,(H2,23,28);3H2,1-2H3;1-2H. The lowest BCUT2D eigenvalue weighted by atomic mass is 9.93. The minimum Gasteiger partial charge on any atom is -0.364 e. The number of hydrogen-bond acceptors (Lipinski definition) is 5. The first-order chi connectivity index (χ1) is 15.7. The van der Waals surface area contributed by atoms with Crippen molar-refractivity contribution in [1.82, 2.24) is 20.2 Å². The van der Waals surface area contributed by atoms with Crippen LogP contribution in [0.5, 0.6) is 0 Å². The topological polar surface area (TPSA) is 94.6 Å². The summed E-state index contributed by atoms with van der Waals surface area (Å²) in [6.45, 7) is 9.95. The van der Waals surface area contributed by atoms with E-state index < -0.39 is 23.5 Å². The predicted octanol–water partition coefficient (Wildman–Crippen LogP) is 5.25. The number of aromatic nitrogens is 4. The first-order valence-corrected chi connectivity index (χ1v) is 10.5. The summed E-state index contributed by atoms with van der Waals surface area (Å²) in [5.41, 5.74) is 6.60. The summed E-state index contributed by atoms with van der Waals surface area (Å²) in [6, 6.07) is 6.70. The number of amides is 1. The molecule has 8 heteroatoms. The number of nitrogens with two attached hydrogens (primary N) is 1. The zero-order valence-corrected chi connectivity index (χ0v) is 19.5. The Balaban J connectivity index is 0.00000101. The van der Waals surface area contributed by atoms with Crippen molar-refractivity contribution in [2.45, 2.75) is 52.9 Å². The third-order valence-electron chi connectivity index (χ3n) is 4.42. The second-order valence-electron chi connectivity index (χ2n) is 7.41. The van der Waals surface area contributed by atoms with E-state index >= 15 is 0 Å². The Morgan fingerprint density at radius 1 is 1.06 bits per heavy atom. The van der Waals surface area contributed by atoms with Gasteiger partial charge in [-0.25, -0.2) is 18.7 Å². The fourth-order valence-corrected chi connectivity index (χ4v) is 2.92. The Bertz CT molecular complexity index is 1080. The molecule has 0 radical (unpaired) electrons. The fourth-order valence-electron chi connectivity index (χ4n) is 2.92. The van der Waals surface area contributed by atoms with Gasteiger partial charge >= 0.3 is 0 Å². The van der Waals surface area contributed by atoms with E-state index in [1.807, 2.05) is 20.8 Å². The van der Waals surface area contributed by atoms with Crippen molar-refractivity contribution in [1.29, 1.82) is 0 Å². The molecule has 6 nitrogen and oxygen atoms in total. The number of rotatable bonds is 5. The highest BCUT2D eigenvalue weighted by atomic mass is 19.1. The quantitative estimate of drug-likeness (QED) is 0.532. The van der Waals surface area contributed by atoms with Crippen LogP contribution in [0.4, 0.5) is 8.78 Å². The lowest BCUT2D eigenvalue weighted by molar-refractivity contribution is 0.0995. The van der Waals surface area contributed by atoms with Gasteiger partial charge in [-0.2, -0.15) is 5.10 Å². The second kappa shape index (κ2) is 13.0. The van der Waals surface area contributed by atoms with Crippen LogP contribution in [0, 0.1) is 24.5 Å². The minimum atomic E-state index is -0.706. The van der Waals surface area contributed by atoms with Crippen LogP contribution in [0.25, 0.3) is 11.3 Å². The molecule has 174 valence electrons. The maximum absolute atomic E-state index is 14.1. The van der Waals surface area contributed by atoms with Gasteiger partial charge in [0.15, 0.2) is 0 Å². The number of primary amides is 1. The average Bonchev–Trinajstić information content (AvgIpc) is 2.80. The molecule has 0 spiro atoms. The highest BCUT2D eigenvalue weighted by Crippen LogP contribution is 2.31. The Labute approximate surface area is 193 Å². The third-order valence-corrected chi connectivity index (χ3v) is 4.42. The van der Waals surface area contributed by atoms with E-state index in [2.05, 4.69) is 46.9 Å². The van der Waals surface area contributed by atoms with Crippen molar-refractivity contribution in [3.8, 4) is 24.1 Å². The summed E-state index contributed by atoms with van der Waals surface area (Å²) in [5.74, 6) is -2.11. The molecule has 0 bridgehead atoms. The van der Waals surface area contributed by atoms with E-state index in [-0.39, 0.29) is 22.9 Å². The molecule has 1 atom stereocenters. The lowest BCUT2D eigenvalue weighted by Crippen LogP contribution is -2.16. The molecule has 1 unspecified atom stereocenters. The molecule has 3 rings (SSSR count). The maximum Gasteiger partial charge on any atom is 0.267 e. The smallest absolute Gasteiger partial charge is 0.267 e. The van der Waals surface area contributed by atoms with Crippen LogP contribution in [-0.4, -0.2) is 26.1 Å². The Hall–Kier alpha value is -3.73. The Kier molecular flexibility index (Phi) is 10.7. The van der Waals surface area contributed by atoms with E-state index in [0.717, 1.165) is 5.56 Å². The molecule has 2 aromatic heterocycles. The molecule has 0 saturated carbocycles. The summed E-state index contributed by atoms with van der Waals surface area (Å²) >= 11 is 0. The first kappa shape index (κ1) is 27.3. The first-order valence-electron chi connectivity index (χ1n) is 10.5. The number of hydrogen-bond donors (Lipinski definition) is 1. The summed E-state index contributed by atoms with van der Waals surface area (Å²) in [5, 5.41) is 8.27. The molecule has 33 heavy (non-hydrogen) atoms. The number of carbonyl (C=O) groups excluding carboxylic acids is 1. The van der Waals surface area contributed by atoms with Gasteiger partial charge in [-0.1, -0.05) is 40.2 Å². The monoisotopic (exact) mass is 453 g/mol. The van der Waals surface area contributed by atoms with Crippen molar-refractivity contribution in [3.05, 3.63) is 70.9 Å². The maximum atomic E-state index is 14.1. The molecule has 0 aliphatic heterocycles. The van der Waals surface area contributed by atoms with Crippen molar-refractivity contribution in [2.75, 3.05) is 0 Å². The van der Waals surface area contributed by atoms with Crippen LogP contribution in [0.1, 0.15) is 80.4 Å². The fraction of sp³-hybridized carbons (Fsp3) is 0.320. The number of benzene rings is 1. The SMILES string of the molecule is C#C.CC(C)c1cc(-c2c(F)cccc2F)nnc1C(C)c1nccc(C(N)=O)n1.CCC. The largest absolute Gasteiger partial charge is 0.364 e. The second-order valence-corrected chi connectivity index (χ2v) is 7.41. The zero-order chi connectivity index (χ0) is 25.1. The van der Waals surface area contributed by atoms with E-state index in [1.165, 1.54) is 36.9 Å². The lowest BCUT2D eigenvalue weighted by Gasteiger charge is -2.17. The molecule has 0 fully saturated rings. The van der Waals surface area contributed by atoms with Crippen LogP contribution in [0.3, 0.4) is 0 Å². The van der Waals surface area contributed by atoms with Crippen molar-refractivity contribution in [3.63, 3.8) is 0 Å².